The number of methoxy groups -OCH3 is 4. The van der Waals surface area contributed by atoms with E-state index in [0.29, 0.717) is 49.1 Å². The molecule has 0 bridgehead atoms. The first-order valence-corrected chi connectivity index (χ1v) is 14.3. The summed E-state index contributed by atoms with van der Waals surface area (Å²) < 4.78 is 21.5. The molecule has 0 aliphatic carbocycles. The molecule has 0 aliphatic heterocycles. The smallest absolute Gasteiger partial charge is 0.231 e. The highest BCUT2D eigenvalue weighted by atomic mass is 79.9. The van der Waals surface area contributed by atoms with Crippen molar-refractivity contribution in [2.24, 2.45) is 0 Å². The van der Waals surface area contributed by atoms with Crippen LogP contribution in [0.1, 0.15) is 31.8 Å². The van der Waals surface area contributed by atoms with Crippen molar-refractivity contribution < 1.29 is 28.5 Å². The van der Waals surface area contributed by atoms with Gasteiger partial charge >= 0.3 is 0 Å². The van der Waals surface area contributed by atoms with Gasteiger partial charge in [0.25, 0.3) is 0 Å². The van der Waals surface area contributed by atoms with E-state index >= 15 is 0 Å². The highest BCUT2D eigenvalue weighted by Crippen LogP contribution is 2.35. The van der Waals surface area contributed by atoms with Crippen LogP contribution in [0.4, 0.5) is 0 Å². The molecule has 0 radical (unpaired) electrons. The molecule has 0 saturated carbocycles. The van der Waals surface area contributed by atoms with Gasteiger partial charge in [0, 0.05) is 21.7 Å². The zero-order valence-corrected chi connectivity index (χ0v) is 26.7. The Labute approximate surface area is 268 Å². The van der Waals surface area contributed by atoms with Crippen molar-refractivity contribution in [3.8, 4) is 34.6 Å². The maximum Gasteiger partial charge on any atom is 0.231 e. The summed E-state index contributed by atoms with van der Waals surface area (Å²) in [5.74, 6) is 0.915. The largest absolute Gasteiger partial charge is 0.480 e. The molecule has 0 aliphatic rings. The molecule has 5 aromatic rings. The number of carbonyl (C=O) groups excluding carboxylic acids is 2. The highest BCUT2D eigenvalue weighted by molar-refractivity contribution is 9.10. The summed E-state index contributed by atoms with van der Waals surface area (Å²) in [5.41, 5.74) is 3.45. The Morgan fingerprint density at radius 1 is 0.591 bits per heavy atom. The quantitative estimate of drug-likeness (QED) is 0.146. The number of ether oxygens (including phenoxy) is 4. The van der Waals surface area contributed by atoms with Gasteiger partial charge < -0.3 is 18.9 Å². The van der Waals surface area contributed by atoms with Gasteiger partial charge in [-0.2, -0.15) is 9.97 Å². The molecule has 224 valence electrons. The molecule has 0 N–H and O–H groups in total. The van der Waals surface area contributed by atoms with Crippen LogP contribution < -0.4 is 18.9 Å². The molecule has 3 aromatic carbocycles. The predicted octanol–water partition coefficient (Wildman–Crippen LogP) is 7.74. The van der Waals surface area contributed by atoms with E-state index in [2.05, 4.69) is 25.9 Å². The number of ketones is 2. The van der Waals surface area contributed by atoms with Crippen molar-refractivity contribution in [3.63, 3.8) is 0 Å². The second-order valence-corrected chi connectivity index (χ2v) is 10.3. The average molecular weight is 676 g/mol. The Bertz CT molecular complexity index is 1750. The summed E-state index contributed by atoms with van der Waals surface area (Å²) >= 11 is 9.28. The predicted molar refractivity (Wildman–Crippen MR) is 173 cm³/mol. The van der Waals surface area contributed by atoms with Crippen molar-refractivity contribution in [1.82, 2.24) is 9.97 Å². The number of nitrogens with zero attached hydrogens (tertiary/aromatic N) is 2. The lowest BCUT2D eigenvalue weighted by Gasteiger charge is -2.13. The fraction of sp³-hybridized carbons (Fsp3) is 0.118. The number of benzene rings is 3. The van der Waals surface area contributed by atoms with Crippen LogP contribution in [0.2, 0.25) is 5.02 Å². The lowest BCUT2D eigenvalue weighted by atomic mass is 10.00. The molecular formula is C34H28BrClN2O6. The molecule has 44 heavy (non-hydrogen) atoms. The van der Waals surface area contributed by atoms with E-state index in [1.807, 2.05) is 48.5 Å². The highest BCUT2D eigenvalue weighted by Gasteiger charge is 2.21. The number of aromatic nitrogens is 2. The second kappa shape index (κ2) is 15.1. The molecule has 0 unspecified atom stereocenters. The van der Waals surface area contributed by atoms with Gasteiger partial charge in [-0.05, 0) is 45.8 Å². The molecular weight excluding hydrogens is 648 g/mol. The number of hydrogen-bond donors (Lipinski definition) is 0. The van der Waals surface area contributed by atoms with Crippen LogP contribution in [-0.4, -0.2) is 50.0 Å². The van der Waals surface area contributed by atoms with E-state index < -0.39 is 0 Å². The Morgan fingerprint density at radius 3 is 1.48 bits per heavy atom. The maximum absolute atomic E-state index is 12.9. The van der Waals surface area contributed by atoms with E-state index in [0.717, 1.165) is 5.56 Å². The Balaban J connectivity index is 0.000000209. The standard InChI is InChI=1S/C20H16ClNO3.C14H12BrNO3/c1-24-19-16(13-8-10-15(21)11-9-13)12-17(20(22-19)25-2)18(23)14-6-4-3-5-7-14;1-18-13-10(8-11(15)14(16-13)19-2)12(17)9-6-4-3-5-7-9/h3-12H,1-2H3;3-8H,1-2H3. The Kier molecular flexibility index (Phi) is 11.1. The van der Waals surface area contributed by atoms with Crippen molar-refractivity contribution in [3.05, 3.63) is 129 Å². The van der Waals surface area contributed by atoms with Crippen LogP contribution in [0, 0.1) is 0 Å². The zero-order valence-electron chi connectivity index (χ0n) is 24.3. The fourth-order valence-electron chi connectivity index (χ4n) is 4.20. The van der Waals surface area contributed by atoms with Crippen LogP contribution in [0.25, 0.3) is 11.1 Å². The third-order valence-electron chi connectivity index (χ3n) is 6.35. The third kappa shape index (κ3) is 7.42. The number of rotatable bonds is 9. The molecule has 0 amide bonds. The molecule has 0 spiro atoms. The van der Waals surface area contributed by atoms with E-state index in [9.17, 15) is 9.59 Å². The van der Waals surface area contributed by atoms with Crippen LogP contribution in [-0.2, 0) is 0 Å². The third-order valence-corrected chi connectivity index (χ3v) is 7.17. The Hall–Kier alpha value is -4.73. The van der Waals surface area contributed by atoms with Crippen LogP contribution in [0.15, 0.2) is 102 Å². The maximum atomic E-state index is 12.9. The minimum absolute atomic E-state index is 0.145. The molecule has 0 saturated heterocycles. The monoisotopic (exact) mass is 674 g/mol. The van der Waals surface area contributed by atoms with Gasteiger partial charge in [0.05, 0.1) is 44.0 Å². The van der Waals surface area contributed by atoms with Gasteiger partial charge in [-0.3, -0.25) is 9.59 Å². The zero-order chi connectivity index (χ0) is 31.6. The summed E-state index contributed by atoms with van der Waals surface area (Å²) in [7, 11) is 5.98. The lowest BCUT2D eigenvalue weighted by Crippen LogP contribution is -2.07. The van der Waals surface area contributed by atoms with Crippen LogP contribution in [0.5, 0.6) is 23.5 Å². The van der Waals surface area contributed by atoms with Crippen LogP contribution >= 0.6 is 27.5 Å². The van der Waals surface area contributed by atoms with Crippen molar-refractivity contribution >= 4 is 39.1 Å². The summed E-state index contributed by atoms with van der Waals surface area (Å²) in [6.07, 6.45) is 0. The molecule has 2 heterocycles. The van der Waals surface area contributed by atoms with E-state index in [1.165, 1.54) is 28.4 Å². The normalized spacial score (nSPS) is 10.2. The fourth-order valence-corrected chi connectivity index (χ4v) is 4.80. The molecule has 2 aromatic heterocycles. The van der Waals surface area contributed by atoms with Crippen LogP contribution in [0.3, 0.4) is 0 Å². The number of halogens is 2. The first kappa shape index (κ1) is 32.2. The molecule has 0 fully saturated rings. The Morgan fingerprint density at radius 2 is 1.02 bits per heavy atom. The lowest BCUT2D eigenvalue weighted by molar-refractivity contribution is 0.102. The van der Waals surface area contributed by atoms with E-state index in [4.69, 9.17) is 30.5 Å². The number of carbonyl (C=O) groups is 2. The van der Waals surface area contributed by atoms with Gasteiger partial charge in [-0.1, -0.05) is 84.4 Å². The molecule has 0 atom stereocenters. The molecule has 5 rings (SSSR count). The SMILES string of the molecule is COc1nc(OC)c(-c2ccc(Cl)cc2)cc1C(=O)c1ccccc1.COc1nc(OC)c(C(=O)c2ccccc2)cc1Br. The van der Waals surface area contributed by atoms with E-state index in [-0.39, 0.29) is 23.3 Å². The minimum Gasteiger partial charge on any atom is -0.480 e. The van der Waals surface area contributed by atoms with Gasteiger partial charge in [0.1, 0.15) is 0 Å². The minimum atomic E-state index is -0.164. The first-order chi connectivity index (χ1) is 21.3. The number of hydrogen-bond acceptors (Lipinski definition) is 8. The summed E-state index contributed by atoms with van der Waals surface area (Å²) in [6.45, 7) is 0. The summed E-state index contributed by atoms with van der Waals surface area (Å²) in [5, 5.41) is 0.629. The van der Waals surface area contributed by atoms with Gasteiger partial charge in [-0.25, -0.2) is 0 Å². The summed E-state index contributed by atoms with van der Waals surface area (Å²) in [6, 6.07) is 28.6. The summed E-state index contributed by atoms with van der Waals surface area (Å²) in [4.78, 5) is 33.8. The number of pyridine rings is 2. The van der Waals surface area contributed by atoms with Crippen molar-refractivity contribution in [2.75, 3.05) is 28.4 Å². The molecule has 8 nitrogen and oxygen atoms in total. The average Bonchev–Trinajstić information content (AvgIpc) is 3.08. The second-order valence-electron chi connectivity index (χ2n) is 9.04. The molecule has 10 heteroatoms. The topological polar surface area (TPSA) is 96.8 Å². The van der Waals surface area contributed by atoms with Gasteiger partial charge in [-0.15, -0.1) is 0 Å². The van der Waals surface area contributed by atoms with Gasteiger partial charge in [0.15, 0.2) is 11.6 Å². The van der Waals surface area contributed by atoms with Crippen molar-refractivity contribution in [2.45, 2.75) is 0 Å². The van der Waals surface area contributed by atoms with E-state index in [1.54, 1.807) is 48.5 Å². The first-order valence-electron chi connectivity index (χ1n) is 13.2. The van der Waals surface area contributed by atoms with Gasteiger partial charge in [0.2, 0.25) is 23.5 Å². The van der Waals surface area contributed by atoms with Crippen molar-refractivity contribution in [1.29, 1.82) is 0 Å².